The Labute approximate surface area is 231 Å². The minimum absolute atomic E-state index is 0.0381. The third-order valence-electron chi connectivity index (χ3n) is 6.65. The summed E-state index contributed by atoms with van der Waals surface area (Å²) in [7, 11) is 4.08. The van der Waals surface area contributed by atoms with Crippen molar-refractivity contribution in [2.24, 2.45) is 0 Å². The first kappa shape index (κ1) is 35.9. The van der Waals surface area contributed by atoms with Gasteiger partial charge < -0.3 is 14.4 Å². The number of carbonyl (C=O) groups is 1. The van der Waals surface area contributed by atoms with Gasteiger partial charge in [0.05, 0.1) is 0 Å². The van der Waals surface area contributed by atoms with Gasteiger partial charge in [0.2, 0.25) is 0 Å². The smallest absolute Gasteiger partial charge is 0.305 e. The highest BCUT2D eigenvalue weighted by Crippen LogP contribution is 2.11. The molecule has 4 nitrogen and oxygen atoms in total. The Bertz CT molecular complexity index is 530. The third kappa shape index (κ3) is 29.3. The Morgan fingerprint density at radius 2 is 1.11 bits per heavy atom. The molecule has 0 radical (unpaired) electrons. The van der Waals surface area contributed by atoms with Crippen LogP contribution >= 0.6 is 0 Å². The van der Waals surface area contributed by atoms with Crippen molar-refractivity contribution in [3.05, 3.63) is 24.3 Å². The Kier molecular flexibility index (Phi) is 28.5. The molecule has 0 aromatic heterocycles. The zero-order valence-corrected chi connectivity index (χ0v) is 25.3. The maximum absolute atomic E-state index is 12.2. The summed E-state index contributed by atoms with van der Waals surface area (Å²) in [5.74, 6) is -0.0774. The Hall–Kier alpha value is -1.13. The number of likely N-dealkylation sites (N-methyl/N-ethyl adjacent to an activating group) is 1. The lowest BCUT2D eigenvalue weighted by Gasteiger charge is -2.21. The summed E-state index contributed by atoms with van der Waals surface area (Å²) in [4.78, 5) is 14.3. The zero-order chi connectivity index (χ0) is 27.2. The molecule has 0 aromatic carbocycles. The summed E-state index contributed by atoms with van der Waals surface area (Å²) in [6.45, 7) is 6.39. The average molecular weight is 522 g/mol. The van der Waals surface area contributed by atoms with Crippen LogP contribution in [0.2, 0.25) is 0 Å². The van der Waals surface area contributed by atoms with E-state index in [2.05, 4.69) is 43.1 Å². The number of allylic oxidation sites excluding steroid dienone is 4. The monoisotopic (exact) mass is 521 g/mol. The maximum Gasteiger partial charge on any atom is 0.305 e. The van der Waals surface area contributed by atoms with E-state index in [0.717, 1.165) is 32.4 Å². The molecule has 37 heavy (non-hydrogen) atoms. The van der Waals surface area contributed by atoms with E-state index in [1.54, 1.807) is 0 Å². The third-order valence-corrected chi connectivity index (χ3v) is 6.65. The molecule has 0 saturated heterocycles. The Balaban J connectivity index is 3.72. The number of rotatable bonds is 28. The van der Waals surface area contributed by atoms with E-state index in [9.17, 15) is 4.79 Å². The lowest BCUT2D eigenvalue weighted by molar-refractivity contribution is -0.148. The maximum atomic E-state index is 12.2. The number of carbonyl (C=O) groups excluding carboxylic acids is 1. The standard InChI is InChI=1S/C33H63NO3/c1-5-7-9-11-13-15-17-19-21-23-25-27-29-36-32(30-34(3)4)31-37-33(35)28-26-24-22-20-18-16-14-12-10-8-6-2/h11-14,32H,5-10,15-31H2,1-4H3/b13-11-,14-12-. The molecule has 0 spiro atoms. The number of hydrogen-bond donors (Lipinski definition) is 0. The van der Waals surface area contributed by atoms with Crippen molar-refractivity contribution >= 4 is 5.97 Å². The fourth-order valence-corrected chi connectivity index (χ4v) is 4.32. The highest BCUT2D eigenvalue weighted by Gasteiger charge is 2.13. The van der Waals surface area contributed by atoms with Crippen LogP contribution in [-0.4, -0.2) is 50.8 Å². The van der Waals surface area contributed by atoms with Gasteiger partial charge in [0.15, 0.2) is 0 Å². The molecule has 0 N–H and O–H groups in total. The Morgan fingerprint density at radius 1 is 0.649 bits per heavy atom. The molecule has 0 aromatic rings. The van der Waals surface area contributed by atoms with Crippen LogP contribution in [0.4, 0.5) is 0 Å². The highest BCUT2D eigenvalue weighted by molar-refractivity contribution is 5.69. The molecule has 1 atom stereocenters. The Morgan fingerprint density at radius 3 is 1.62 bits per heavy atom. The number of ether oxygens (including phenoxy) is 2. The summed E-state index contributed by atoms with van der Waals surface area (Å²) in [5.41, 5.74) is 0. The van der Waals surface area contributed by atoms with Crippen molar-refractivity contribution in [1.29, 1.82) is 0 Å². The normalized spacial score (nSPS) is 12.8. The van der Waals surface area contributed by atoms with E-state index in [-0.39, 0.29) is 12.1 Å². The van der Waals surface area contributed by atoms with Crippen LogP contribution < -0.4 is 0 Å². The van der Waals surface area contributed by atoms with E-state index in [0.29, 0.717) is 13.0 Å². The summed E-state index contributed by atoms with van der Waals surface area (Å²) in [6, 6.07) is 0. The minimum atomic E-state index is -0.0774. The number of hydrogen-bond acceptors (Lipinski definition) is 4. The van der Waals surface area contributed by atoms with Crippen LogP contribution in [0, 0.1) is 0 Å². The first-order chi connectivity index (χ1) is 18.1. The number of nitrogens with zero attached hydrogens (tertiary/aromatic N) is 1. The van der Waals surface area contributed by atoms with E-state index in [4.69, 9.17) is 9.47 Å². The fraction of sp³-hybridized carbons (Fsp3) is 0.848. The molecule has 4 heteroatoms. The SMILES string of the molecule is CCCC/C=C\CCCCCCCCOC(COC(=O)CCCCCCC/C=C\CCCC)CN(C)C. The predicted octanol–water partition coefficient (Wildman–Crippen LogP) is 9.43. The van der Waals surface area contributed by atoms with Crippen molar-refractivity contribution in [2.45, 2.75) is 148 Å². The van der Waals surface area contributed by atoms with Crippen molar-refractivity contribution in [3.8, 4) is 0 Å². The zero-order valence-electron chi connectivity index (χ0n) is 25.3. The second-order valence-corrected chi connectivity index (χ2v) is 10.9. The fourth-order valence-electron chi connectivity index (χ4n) is 4.32. The molecular formula is C33H63NO3. The van der Waals surface area contributed by atoms with Gasteiger partial charge in [-0.05, 0) is 65.5 Å². The van der Waals surface area contributed by atoms with Gasteiger partial charge in [-0.1, -0.05) is 109 Å². The van der Waals surface area contributed by atoms with E-state index < -0.39 is 0 Å². The van der Waals surface area contributed by atoms with Crippen LogP contribution in [0.25, 0.3) is 0 Å². The molecule has 0 heterocycles. The summed E-state index contributed by atoms with van der Waals surface area (Å²) in [6.07, 6.45) is 33.2. The first-order valence-corrected chi connectivity index (χ1v) is 15.8. The molecule has 0 amide bonds. The lowest BCUT2D eigenvalue weighted by Crippen LogP contribution is -2.33. The molecule has 0 aliphatic rings. The number of unbranched alkanes of at least 4 members (excludes halogenated alkanes) is 15. The lowest BCUT2D eigenvalue weighted by atomic mass is 10.1. The van der Waals surface area contributed by atoms with Gasteiger partial charge in [0.25, 0.3) is 0 Å². The second-order valence-electron chi connectivity index (χ2n) is 10.9. The van der Waals surface area contributed by atoms with Gasteiger partial charge in [0.1, 0.15) is 12.7 Å². The summed E-state index contributed by atoms with van der Waals surface area (Å²) < 4.78 is 11.6. The molecule has 0 aliphatic carbocycles. The van der Waals surface area contributed by atoms with E-state index in [1.807, 2.05) is 14.1 Å². The largest absolute Gasteiger partial charge is 0.463 e. The first-order valence-electron chi connectivity index (χ1n) is 15.8. The molecular weight excluding hydrogens is 458 g/mol. The van der Waals surface area contributed by atoms with Gasteiger partial charge in [0, 0.05) is 19.6 Å². The highest BCUT2D eigenvalue weighted by atomic mass is 16.6. The molecule has 0 bridgehead atoms. The number of esters is 1. The molecule has 1 unspecified atom stereocenters. The summed E-state index contributed by atoms with van der Waals surface area (Å²) >= 11 is 0. The molecule has 0 fully saturated rings. The molecule has 218 valence electrons. The van der Waals surface area contributed by atoms with Crippen LogP contribution in [0.3, 0.4) is 0 Å². The topological polar surface area (TPSA) is 38.8 Å². The van der Waals surface area contributed by atoms with E-state index in [1.165, 1.54) is 103 Å². The van der Waals surface area contributed by atoms with Gasteiger partial charge in [-0.25, -0.2) is 0 Å². The molecule has 0 saturated carbocycles. The van der Waals surface area contributed by atoms with Crippen molar-refractivity contribution in [3.63, 3.8) is 0 Å². The average Bonchev–Trinajstić information content (AvgIpc) is 2.88. The summed E-state index contributed by atoms with van der Waals surface area (Å²) in [5, 5.41) is 0. The second kappa shape index (κ2) is 29.4. The van der Waals surface area contributed by atoms with Gasteiger partial charge in [-0.2, -0.15) is 0 Å². The minimum Gasteiger partial charge on any atom is -0.463 e. The van der Waals surface area contributed by atoms with Crippen LogP contribution in [0.1, 0.15) is 142 Å². The van der Waals surface area contributed by atoms with Crippen LogP contribution in [-0.2, 0) is 14.3 Å². The van der Waals surface area contributed by atoms with Crippen LogP contribution in [0.15, 0.2) is 24.3 Å². The van der Waals surface area contributed by atoms with E-state index >= 15 is 0 Å². The van der Waals surface area contributed by atoms with Gasteiger partial charge in [-0.3, -0.25) is 4.79 Å². The quantitative estimate of drug-likeness (QED) is 0.0584. The molecule has 0 aliphatic heterocycles. The van der Waals surface area contributed by atoms with Gasteiger partial charge >= 0.3 is 5.97 Å². The van der Waals surface area contributed by atoms with Gasteiger partial charge in [-0.15, -0.1) is 0 Å². The predicted molar refractivity (Wildman–Crippen MR) is 161 cm³/mol. The van der Waals surface area contributed by atoms with Crippen molar-refractivity contribution in [2.75, 3.05) is 33.9 Å². The van der Waals surface area contributed by atoms with Crippen molar-refractivity contribution in [1.82, 2.24) is 4.90 Å². The molecule has 0 rings (SSSR count). The van der Waals surface area contributed by atoms with Crippen molar-refractivity contribution < 1.29 is 14.3 Å². The van der Waals surface area contributed by atoms with Crippen LogP contribution in [0.5, 0.6) is 0 Å².